The summed E-state index contributed by atoms with van der Waals surface area (Å²) in [6.45, 7) is 4.85. The van der Waals surface area contributed by atoms with Crippen LogP contribution in [0.3, 0.4) is 0 Å². The van der Waals surface area contributed by atoms with Gasteiger partial charge in [0.2, 0.25) is 10.0 Å². The summed E-state index contributed by atoms with van der Waals surface area (Å²) in [6.07, 6.45) is 2.39. The first kappa shape index (κ1) is 18.7. The summed E-state index contributed by atoms with van der Waals surface area (Å²) >= 11 is 0. The second-order valence-electron chi connectivity index (χ2n) is 6.29. The molecule has 0 spiro atoms. The minimum absolute atomic E-state index is 0.0300. The molecule has 1 atom stereocenters. The fourth-order valence-corrected chi connectivity index (χ4v) is 3.77. The third-order valence-corrected chi connectivity index (χ3v) is 5.49. The number of nitrogens with one attached hydrogen (secondary N) is 2. The monoisotopic (exact) mass is 352 g/mol. The van der Waals surface area contributed by atoms with Gasteiger partial charge in [-0.2, -0.15) is 0 Å². The van der Waals surface area contributed by atoms with Gasteiger partial charge in [0, 0.05) is 33.2 Å². The molecule has 0 bridgehead atoms. The van der Waals surface area contributed by atoms with Crippen LogP contribution in [0.25, 0.3) is 0 Å². The predicted molar refractivity (Wildman–Crippen MR) is 98.4 cm³/mol. The van der Waals surface area contributed by atoms with Crippen LogP contribution in [0.15, 0.2) is 35.3 Å². The molecular weight excluding hydrogens is 324 g/mol. The van der Waals surface area contributed by atoms with Crippen LogP contribution in [0.2, 0.25) is 0 Å². The van der Waals surface area contributed by atoms with E-state index in [0.717, 1.165) is 31.0 Å². The fourth-order valence-electron chi connectivity index (χ4n) is 2.87. The van der Waals surface area contributed by atoms with Crippen molar-refractivity contribution in [2.45, 2.75) is 26.3 Å². The Kier molecular flexibility index (Phi) is 7.05. The van der Waals surface area contributed by atoms with Crippen molar-refractivity contribution in [1.82, 2.24) is 14.9 Å². The molecule has 0 saturated carbocycles. The van der Waals surface area contributed by atoms with Gasteiger partial charge in [-0.05, 0) is 24.3 Å². The third-order valence-electron chi connectivity index (χ3n) is 4.16. The lowest BCUT2D eigenvalue weighted by atomic mass is 10.0. The van der Waals surface area contributed by atoms with E-state index >= 15 is 0 Å². The largest absolute Gasteiger partial charge is 0.355 e. The third kappa shape index (κ3) is 6.13. The van der Waals surface area contributed by atoms with Crippen LogP contribution in [0.1, 0.15) is 25.3 Å². The Labute approximate surface area is 145 Å². The molecule has 1 heterocycles. The zero-order valence-electron chi connectivity index (χ0n) is 14.5. The van der Waals surface area contributed by atoms with Gasteiger partial charge in [0.25, 0.3) is 0 Å². The van der Waals surface area contributed by atoms with Gasteiger partial charge in [0.05, 0.1) is 5.75 Å². The highest BCUT2D eigenvalue weighted by atomic mass is 32.2. The maximum atomic E-state index is 12.1. The van der Waals surface area contributed by atoms with Crippen LogP contribution >= 0.6 is 0 Å². The second kappa shape index (κ2) is 9.03. The number of hydrogen-bond donors (Lipinski definition) is 2. The van der Waals surface area contributed by atoms with Crippen LogP contribution < -0.4 is 10.0 Å². The van der Waals surface area contributed by atoms with Crippen molar-refractivity contribution in [3.63, 3.8) is 0 Å². The Bertz CT molecular complexity index is 631. The van der Waals surface area contributed by atoms with Crippen LogP contribution in [-0.2, 0) is 16.6 Å². The summed E-state index contributed by atoms with van der Waals surface area (Å²) in [5.41, 5.74) is 0.951. The molecule has 1 aliphatic heterocycles. The van der Waals surface area contributed by atoms with Crippen molar-refractivity contribution < 1.29 is 8.42 Å². The first-order chi connectivity index (χ1) is 11.5. The number of nitrogens with zero attached hydrogens (tertiary/aromatic N) is 2. The smallest absolute Gasteiger partial charge is 0.213 e. The Morgan fingerprint density at radius 2 is 2.08 bits per heavy atom. The summed E-state index contributed by atoms with van der Waals surface area (Å²) < 4.78 is 26.8. The molecule has 0 amide bonds. The van der Waals surface area contributed by atoms with E-state index < -0.39 is 10.0 Å². The lowest BCUT2D eigenvalue weighted by Crippen LogP contribution is -2.47. The number of piperidine rings is 1. The maximum Gasteiger partial charge on any atom is 0.213 e. The van der Waals surface area contributed by atoms with Gasteiger partial charge in [0.15, 0.2) is 5.96 Å². The van der Waals surface area contributed by atoms with E-state index in [1.807, 2.05) is 30.3 Å². The van der Waals surface area contributed by atoms with Crippen molar-refractivity contribution in [1.29, 1.82) is 0 Å². The molecule has 134 valence electrons. The number of hydrogen-bond acceptors (Lipinski definition) is 3. The van der Waals surface area contributed by atoms with E-state index in [4.69, 9.17) is 0 Å². The number of likely N-dealkylation sites (tertiary alicyclic amines) is 1. The molecule has 7 heteroatoms. The van der Waals surface area contributed by atoms with Crippen molar-refractivity contribution in [3.05, 3.63) is 35.9 Å². The van der Waals surface area contributed by atoms with Gasteiger partial charge in [-0.25, -0.2) is 13.1 Å². The molecule has 1 aromatic carbocycles. The summed E-state index contributed by atoms with van der Waals surface area (Å²) in [7, 11) is -1.57. The second-order valence-corrected chi connectivity index (χ2v) is 8.22. The predicted octanol–water partition coefficient (Wildman–Crippen LogP) is 1.41. The van der Waals surface area contributed by atoms with Crippen molar-refractivity contribution in [2.75, 3.05) is 32.4 Å². The quantitative estimate of drug-likeness (QED) is 0.600. The summed E-state index contributed by atoms with van der Waals surface area (Å²) in [5.74, 6) is 1.47. The van der Waals surface area contributed by atoms with E-state index in [2.05, 4.69) is 26.9 Å². The molecule has 0 aromatic heterocycles. The molecule has 1 unspecified atom stereocenters. The molecule has 1 aliphatic rings. The first-order valence-electron chi connectivity index (χ1n) is 8.47. The van der Waals surface area contributed by atoms with Crippen molar-refractivity contribution in [3.8, 4) is 0 Å². The van der Waals surface area contributed by atoms with Crippen molar-refractivity contribution >= 4 is 16.0 Å². The van der Waals surface area contributed by atoms with E-state index in [1.165, 1.54) is 6.42 Å². The Balaban J connectivity index is 1.77. The zero-order chi connectivity index (χ0) is 17.4. The van der Waals surface area contributed by atoms with Gasteiger partial charge >= 0.3 is 0 Å². The van der Waals surface area contributed by atoms with Crippen molar-refractivity contribution in [2.24, 2.45) is 10.9 Å². The Hall–Kier alpha value is -1.60. The average Bonchev–Trinajstić information content (AvgIpc) is 2.58. The van der Waals surface area contributed by atoms with Crippen LogP contribution in [0, 0.1) is 5.92 Å². The summed E-state index contributed by atoms with van der Waals surface area (Å²) in [4.78, 5) is 6.48. The standard InChI is InChI=1S/C17H28N4O2S/c1-15-7-6-11-21(14-15)17(18-2)19-10-12-24(22,23)20-13-16-8-4-3-5-9-16/h3-5,8-9,15,20H,6-7,10-14H2,1-2H3,(H,18,19). The van der Waals surface area contributed by atoms with E-state index in [9.17, 15) is 8.42 Å². The van der Waals surface area contributed by atoms with Gasteiger partial charge < -0.3 is 10.2 Å². The molecular formula is C17H28N4O2S. The van der Waals surface area contributed by atoms with Crippen LogP contribution in [0.5, 0.6) is 0 Å². The molecule has 0 aliphatic carbocycles. The molecule has 1 saturated heterocycles. The molecule has 6 nitrogen and oxygen atoms in total. The molecule has 1 fully saturated rings. The van der Waals surface area contributed by atoms with Gasteiger partial charge in [-0.15, -0.1) is 0 Å². The van der Waals surface area contributed by atoms with Crippen LogP contribution in [0.4, 0.5) is 0 Å². The first-order valence-corrected chi connectivity index (χ1v) is 10.1. The molecule has 2 rings (SSSR count). The average molecular weight is 353 g/mol. The highest BCUT2D eigenvalue weighted by molar-refractivity contribution is 7.89. The van der Waals surface area contributed by atoms with E-state index in [0.29, 0.717) is 19.0 Å². The molecule has 0 radical (unpaired) electrons. The van der Waals surface area contributed by atoms with Gasteiger partial charge in [-0.1, -0.05) is 37.3 Å². The molecule has 24 heavy (non-hydrogen) atoms. The minimum atomic E-state index is -3.31. The number of rotatable bonds is 6. The number of benzene rings is 1. The molecule has 1 aromatic rings. The molecule has 2 N–H and O–H groups in total. The highest BCUT2D eigenvalue weighted by Gasteiger charge is 2.19. The Morgan fingerprint density at radius 3 is 2.75 bits per heavy atom. The highest BCUT2D eigenvalue weighted by Crippen LogP contribution is 2.15. The van der Waals surface area contributed by atoms with Gasteiger partial charge in [-0.3, -0.25) is 4.99 Å². The van der Waals surface area contributed by atoms with E-state index in [-0.39, 0.29) is 5.75 Å². The Morgan fingerprint density at radius 1 is 1.33 bits per heavy atom. The van der Waals surface area contributed by atoms with E-state index in [1.54, 1.807) is 7.05 Å². The summed E-state index contributed by atoms with van der Waals surface area (Å²) in [5, 5.41) is 3.17. The topological polar surface area (TPSA) is 73.8 Å². The zero-order valence-corrected chi connectivity index (χ0v) is 15.3. The van der Waals surface area contributed by atoms with Crippen LogP contribution in [-0.4, -0.2) is 51.7 Å². The summed E-state index contributed by atoms with van der Waals surface area (Å²) in [6, 6.07) is 9.51. The number of aliphatic imine (C=N–C) groups is 1. The SMILES string of the molecule is CN=C(NCCS(=O)(=O)NCc1ccccc1)N1CCCC(C)C1. The normalized spacial score (nSPS) is 19.3. The minimum Gasteiger partial charge on any atom is -0.355 e. The lowest BCUT2D eigenvalue weighted by Gasteiger charge is -2.33. The number of guanidine groups is 1. The fraction of sp³-hybridized carbons (Fsp3) is 0.588. The maximum absolute atomic E-state index is 12.1. The van der Waals surface area contributed by atoms with Gasteiger partial charge in [0.1, 0.15) is 0 Å². The number of sulfonamides is 1. The lowest BCUT2D eigenvalue weighted by molar-refractivity contribution is 0.266.